The number of rotatable bonds is 5. The highest BCUT2D eigenvalue weighted by Crippen LogP contribution is 2.19. The number of ketones is 1. The molecule has 1 amide bonds. The Morgan fingerprint density at radius 1 is 1.19 bits per heavy atom. The zero-order valence-corrected chi connectivity index (χ0v) is 13.4. The molecule has 0 spiro atoms. The van der Waals surface area contributed by atoms with Gasteiger partial charge in [-0.15, -0.1) is 11.3 Å². The number of nitrogens with zero attached hydrogens (tertiary/aromatic N) is 2. The first kappa shape index (κ1) is 16.1. The Balaban J connectivity index is 1.94. The second kappa shape index (κ2) is 7.68. The van der Waals surface area contributed by atoms with Crippen molar-refractivity contribution in [2.75, 3.05) is 46.4 Å². The average molecular weight is 310 g/mol. The van der Waals surface area contributed by atoms with Crippen LogP contribution in [0.15, 0.2) is 12.1 Å². The predicted molar refractivity (Wildman–Crippen MR) is 83.2 cm³/mol. The number of methoxy groups -OCH3 is 1. The van der Waals surface area contributed by atoms with Gasteiger partial charge >= 0.3 is 0 Å². The molecule has 0 radical (unpaired) electrons. The van der Waals surface area contributed by atoms with Crippen LogP contribution in [0.2, 0.25) is 0 Å². The molecule has 0 aromatic carbocycles. The van der Waals surface area contributed by atoms with E-state index in [1.54, 1.807) is 19.2 Å². The van der Waals surface area contributed by atoms with E-state index >= 15 is 0 Å². The minimum Gasteiger partial charge on any atom is -0.383 e. The van der Waals surface area contributed by atoms with Crippen LogP contribution in [0.1, 0.15) is 32.7 Å². The molecule has 0 saturated carbocycles. The lowest BCUT2D eigenvalue weighted by molar-refractivity contribution is 0.0764. The van der Waals surface area contributed by atoms with Crippen LogP contribution in [0.25, 0.3) is 0 Å². The molecule has 2 heterocycles. The lowest BCUT2D eigenvalue weighted by Gasteiger charge is -2.21. The lowest BCUT2D eigenvalue weighted by atomic mass is 10.3. The molecule has 6 heteroatoms. The van der Waals surface area contributed by atoms with Crippen LogP contribution in [0, 0.1) is 0 Å². The molecule has 5 nitrogen and oxygen atoms in total. The van der Waals surface area contributed by atoms with Gasteiger partial charge in [-0.2, -0.15) is 0 Å². The number of hydrogen-bond donors (Lipinski definition) is 0. The number of Topliss-reactive ketones (excluding diaryl/α,β-unsaturated/α-hetero) is 1. The van der Waals surface area contributed by atoms with Crippen LogP contribution in [-0.4, -0.2) is 67.9 Å². The highest BCUT2D eigenvalue weighted by atomic mass is 32.1. The zero-order chi connectivity index (χ0) is 15.2. The molecule has 0 atom stereocenters. The Morgan fingerprint density at radius 2 is 1.95 bits per heavy atom. The van der Waals surface area contributed by atoms with Crippen molar-refractivity contribution in [2.45, 2.75) is 13.3 Å². The molecule has 1 aromatic rings. The normalized spacial score (nSPS) is 16.8. The summed E-state index contributed by atoms with van der Waals surface area (Å²) in [7, 11) is 1.71. The Labute approximate surface area is 129 Å². The summed E-state index contributed by atoms with van der Waals surface area (Å²) in [5.41, 5.74) is 0. The molecule has 0 aliphatic carbocycles. The fourth-order valence-electron chi connectivity index (χ4n) is 2.42. The highest BCUT2D eigenvalue weighted by Gasteiger charge is 2.21. The van der Waals surface area contributed by atoms with Crippen molar-refractivity contribution >= 4 is 23.0 Å². The number of thiophene rings is 1. The van der Waals surface area contributed by atoms with Crippen molar-refractivity contribution in [1.82, 2.24) is 9.80 Å². The number of ether oxygens (including phenoxy) is 1. The second-order valence-corrected chi connectivity index (χ2v) is 6.28. The predicted octanol–water partition coefficient (Wildman–Crippen LogP) is 1.75. The summed E-state index contributed by atoms with van der Waals surface area (Å²) in [4.78, 5) is 29.3. The molecule has 21 heavy (non-hydrogen) atoms. The number of carbonyl (C=O) groups excluding carboxylic acids is 2. The van der Waals surface area contributed by atoms with E-state index in [2.05, 4.69) is 4.90 Å². The van der Waals surface area contributed by atoms with Crippen LogP contribution in [0.3, 0.4) is 0 Å². The first-order valence-electron chi connectivity index (χ1n) is 7.23. The van der Waals surface area contributed by atoms with E-state index in [0.717, 1.165) is 45.8 Å². The molecule has 1 saturated heterocycles. The second-order valence-electron chi connectivity index (χ2n) is 5.20. The van der Waals surface area contributed by atoms with Crippen molar-refractivity contribution in [1.29, 1.82) is 0 Å². The molecular weight excluding hydrogens is 288 g/mol. The van der Waals surface area contributed by atoms with Crippen molar-refractivity contribution in [3.05, 3.63) is 21.9 Å². The molecule has 2 rings (SSSR count). The quantitative estimate of drug-likeness (QED) is 0.778. The van der Waals surface area contributed by atoms with E-state index in [-0.39, 0.29) is 11.7 Å². The van der Waals surface area contributed by atoms with E-state index in [0.29, 0.717) is 9.75 Å². The van der Waals surface area contributed by atoms with E-state index in [4.69, 9.17) is 4.74 Å². The van der Waals surface area contributed by atoms with Gasteiger partial charge in [-0.1, -0.05) is 0 Å². The van der Waals surface area contributed by atoms with Gasteiger partial charge in [-0.05, 0) is 32.0 Å². The standard InChI is InChI=1S/C15H22N2O3S/c1-12(18)13-4-5-14(21-13)15(19)17-7-3-6-16(8-9-17)10-11-20-2/h4-5H,3,6-11H2,1-2H3. The van der Waals surface area contributed by atoms with Gasteiger partial charge in [0.05, 0.1) is 16.4 Å². The summed E-state index contributed by atoms with van der Waals surface area (Å²) >= 11 is 1.29. The van der Waals surface area contributed by atoms with Gasteiger partial charge in [-0.25, -0.2) is 0 Å². The highest BCUT2D eigenvalue weighted by molar-refractivity contribution is 7.15. The topological polar surface area (TPSA) is 49.9 Å². The van der Waals surface area contributed by atoms with Crippen LogP contribution in [0.5, 0.6) is 0 Å². The van der Waals surface area contributed by atoms with E-state index in [1.807, 2.05) is 4.90 Å². The average Bonchev–Trinajstić information content (AvgIpc) is 2.85. The Bertz CT molecular complexity index is 501. The monoisotopic (exact) mass is 310 g/mol. The molecule has 1 aliphatic heterocycles. The van der Waals surface area contributed by atoms with Gasteiger partial charge in [0, 0.05) is 33.3 Å². The first-order valence-corrected chi connectivity index (χ1v) is 8.05. The molecule has 0 N–H and O–H groups in total. The van der Waals surface area contributed by atoms with Crippen molar-refractivity contribution in [3.8, 4) is 0 Å². The molecule has 0 bridgehead atoms. The molecule has 1 fully saturated rings. The fourth-order valence-corrected chi connectivity index (χ4v) is 3.29. The van der Waals surface area contributed by atoms with Gasteiger partial charge < -0.3 is 9.64 Å². The van der Waals surface area contributed by atoms with Crippen molar-refractivity contribution in [2.24, 2.45) is 0 Å². The van der Waals surface area contributed by atoms with Gasteiger partial charge in [0.1, 0.15) is 0 Å². The number of hydrogen-bond acceptors (Lipinski definition) is 5. The van der Waals surface area contributed by atoms with Crippen LogP contribution < -0.4 is 0 Å². The molecular formula is C15H22N2O3S. The Morgan fingerprint density at radius 3 is 2.62 bits per heavy atom. The summed E-state index contributed by atoms with van der Waals surface area (Å²) in [5, 5.41) is 0. The van der Waals surface area contributed by atoms with Crippen LogP contribution in [-0.2, 0) is 4.74 Å². The third-order valence-corrected chi connectivity index (χ3v) is 4.83. The SMILES string of the molecule is COCCN1CCCN(C(=O)c2ccc(C(C)=O)s2)CC1. The zero-order valence-electron chi connectivity index (χ0n) is 12.6. The number of carbonyl (C=O) groups is 2. The van der Waals surface area contributed by atoms with Gasteiger partial charge in [0.2, 0.25) is 0 Å². The maximum Gasteiger partial charge on any atom is 0.263 e. The Kier molecular flexibility index (Phi) is 5.90. The van der Waals surface area contributed by atoms with Gasteiger partial charge in [0.15, 0.2) is 5.78 Å². The summed E-state index contributed by atoms with van der Waals surface area (Å²) in [6.45, 7) is 6.54. The smallest absolute Gasteiger partial charge is 0.263 e. The summed E-state index contributed by atoms with van der Waals surface area (Å²) in [5.74, 6) is 0.0572. The maximum absolute atomic E-state index is 12.5. The van der Waals surface area contributed by atoms with Crippen LogP contribution >= 0.6 is 11.3 Å². The third kappa shape index (κ3) is 4.36. The fraction of sp³-hybridized carbons (Fsp3) is 0.600. The molecule has 116 valence electrons. The van der Waals surface area contributed by atoms with E-state index in [1.165, 1.54) is 18.3 Å². The Hall–Kier alpha value is -1.24. The minimum absolute atomic E-state index is 0.0145. The van der Waals surface area contributed by atoms with Crippen molar-refractivity contribution in [3.63, 3.8) is 0 Å². The van der Waals surface area contributed by atoms with Crippen molar-refractivity contribution < 1.29 is 14.3 Å². The third-order valence-electron chi connectivity index (χ3n) is 3.65. The van der Waals surface area contributed by atoms with E-state index in [9.17, 15) is 9.59 Å². The number of amides is 1. The summed E-state index contributed by atoms with van der Waals surface area (Å²) < 4.78 is 5.10. The van der Waals surface area contributed by atoms with Crippen LogP contribution in [0.4, 0.5) is 0 Å². The summed E-state index contributed by atoms with van der Waals surface area (Å²) in [6.07, 6.45) is 0.973. The van der Waals surface area contributed by atoms with E-state index < -0.39 is 0 Å². The minimum atomic E-state index is 0.0145. The lowest BCUT2D eigenvalue weighted by Crippen LogP contribution is -2.35. The first-order chi connectivity index (χ1) is 10.1. The van der Waals surface area contributed by atoms with Gasteiger partial charge in [0.25, 0.3) is 5.91 Å². The molecule has 0 unspecified atom stereocenters. The molecule has 1 aliphatic rings. The van der Waals surface area contributed by atoms with Gasteiger partial charge in [-0.3, -0.25) is 14.5 Å². The summed E-state index contributed by atoms with van der Waals surface area (Å²) in [6, 6.07) is 3.50. The maximum atomic E-state index is 12.5. The largest absolute Gasteiger partial charge is 0.383 e. The molecule has 1 aromatic heterocycles.